The molecule has 8 heteroatoms. The van der Waals surface area contributed by atoms with E-state index in [1.807, 2.05) is 4.90 Å². The normalized spacial score (nSPS) is 25.1. The Bertz CT molecular complexity index is 808. The Balaban J connectivity index is 1.74. The van der Waals surface area contributed by atoms with E-state index < -0.39 is 9.84 Å². The summed E-state index contributed by atoms with van der Waals surface area (Å²) in [5, 5.41) is 0. The van der Waals surface area contributed by atoms with Crippen molar-refractivity contribution in [3.63, 3.8) is 0 Å². The Hall–Kier alpha value is -1.96. The predicted octanol–water partition coefficient (Wildman–Crippen LogP) is 1.21. The summed E-state index contributed by atoms with van der Waals surface area (Å²) in [7, 11) is -1.48. The number of piperidine rings is 1. The van der Waals surface area contributed by atoms with Gasteiger partial charge in [-0.2, -0.15) is 0 Å². The number of likely N-dealkylation sites (tertiary alicyclic amines) is 1. The topological polar surface area (TPSA) is 87.7 Å². The third-order valence-corrected chi connectivity index (χ3v) is 7.00. The first-order chi connectivity index (χ1) is 12.3. The molecular formula is C18H25N3O4S. The van der Waals surface area contributed by atoms with Gasteiger partial charge in [0.25, 0.3) is 11.8 Å². The fraction of sp³-hybridized carbons (Fsp3) is 0.611. The molecule has 0 radical (unpaired) electrons. The molecular weight excluding hydrogens is 354 g/mol. The molecule has 0 saturated carbocycles. The van der Waals surface area contributed by atoms with E-state index in [9.17, 15) is 18.0 Å². The highest BCUT2D eigenvalue weighted by Gasteiger charge is 2.33. The fourth-order valence-electron chi connectivity index (χ4n) is 3.66. The Labute approximate surface area is 154 Å². The maximum atomic E-state index is 12.7. The number of aromatic nitrogens is 1. The largest absolute Gasteiger partial charge is 0.338 e. The lowest BCUT2D eigenvalue weighted by Gasteiger charge is -2.31. The molecule has 2 fully saturated rings. The van der Waals surface area contributed by atoms with E-state index in [4.69, 9.17) is 0 Å². The van der Waals surface area contributed by atoms with Crippen LogP contribution < -0.4 is 0 Å². The van der Waals surface area contributed by atoms with E-state index >= 15 is 0 Å². The summed E-state index contributed by atoms with van der Waals surface area (Å²) in [6.07, 6.45) is 4.02. The molecule has 2 amide bonds. The van der Waals surface area contributed by atoms with Crippen LogP contribution in [-0.2, 0) is 9.84 Å². The second-order valence-electron chi connectivity index (χ2n) is 7.40. The number of sulfone groups is 1. The second kappa shape index (κ2) is 7.34. The van der Waals surface area contributed by atoms with Crippen LogP contribution in [0.5, 0.6) is 0 Å². The molecule has 2 saturated heterocycles. The van der Waals surface area contributed by atoms with E-state index in [-0.39, 0.29) is 35.1 Å². The number of hydrogen-bond donors (Lipinski definition) is 0. The van der Waals surface area contributed by atoms with E-state index in [1.54, 1.807) is 13.1 Å². The molecule has 2 aliphatic rings. The van der Waals surface area contributed by atoms with Gasteiger partial charge in [0.05, 0.1) is 11.5 Å². The zero-order valence-corrected chi connectivity index (χ0v) is 16.0. The first-order valence-electron chi connectivity index (χ1n) is 9.00. The number of carbonyl (C=O) groups excluding carboxylic acids is 2. The van der Waals surface area contributed by atoms with E-state index in [0.29, 0.717) is 17.9 Å². The van der Waals surface area contributed by atoms with Crippen LogP contribution in [0, 0.1) is 5.92 Å². The molecule has 26 heavy (non-hydrogen) atoms. The summed E-state index contributed by atoms with van der Waals surface area (Å²) in [6, 6.07) is 2.80. The molecule has 0 N–H and O–H groups in total. The average Bonchev–Trinajstić information content (AvgIpc) is 2.99. The highest BCUT2D eigenvalue weighted by atomic mass is 32.2. The molecule has 2 unspecified atom stereocenters. The molecule has 1 aromatic heterocycles. The Morgan fingerprint density at radius 2 is 2.08 bits per heavy atom. The van der Waals surface area contributed by atoms with Crippen LogP contribution >= 0.6 is 0 Å². The third kappa shape index (κ3) is 4.06. The van der Waals surface area contributed by atoms with Crippen LogP contribution in [0.2, 0.25) is 0 Å². The average molecular weight is 379 g/mol. The van der Waals surface area contributed by atoms with Crippen molar-refractivity contribution in [1.29, 1.82) is 0 Å². The van der Waals surface area contributed by atoms with Crippen molar-refractivity contribution in [3.05, 3.63) is 29.6 Å². The third-order valence-electron chi connectivity index (χ3n) is 5.25. The maximum absolute atomic E-state index is 12.7. The van der Waals surface area contributed by atoms with Gasteiger partial charge >= 0.3 is 0 Å². The number of carbonyl (C=O) groups is 2. The van der Waals surface area contributed by atoms with E-state index in [2.05, 4.69) is 11.9 Å². The SMILES string of the molecule is CC1CCCN(C(=O)c2ccnc(C(=O)N(C)C3CCS(=O)(=O)C3)c2)C1. The van der Waals surface area contributed by atoms with Crippen molar-refractivity contribution in [2.24, 2.45) is 5.92 Å². The van der Waals surface area contributed by atoms with Gasteiger partial charge in [0.2, 0.25) is 0 Å². The lowest BCUT2D eigenvalue weighted by molar-refractivity contribution is 0.0682. The first-order valence-corrected chi connectivity index (χ1v) is 10.8. The number of rotatable bonds is 3. The Morgan fingerprint density at radius 1 is 1.31 bits per heavy atom. The van der Waals surface area contributed by atoms with Crippen molar-refractivity contribution < 1.29 is 18.0 Å². The molecule has 3 heterocycles. The molecule has 0 aromatic carbocycles. The standard InChI is InChI=1S/C18H25N3O4S/c1-13-4-3-8-21(11-13)17(22)14-5-7-19-16(10-14)18(23)20(2)15-6-9-26(24,25)12-15/h5,7,10,13,15H,3-4,6,8-9,11-12H2,1-2H3. The number of nitrogens with zero attached hydrogens (tertiary/aromatic N) is 3. The molecule has 142 valence electrons. The fourth-order valence-corrected chi connectivity index (χ4v) is 5.44. The van der Waals surface area contributed by atoms with Gasteiger partial charge in [-0.1, -0.05) is 6.92 Å². The van der Waals surface area contributed by atoms with Crippen LogP contribution in [0.1, 0.15) is 47.0 Å². The lowest BCUT2D eigenvalue weighted by Crippen LogP contribution is -2.40. The molecule has 1 aromatic rings. The van der Waals surface area contributed by atoms with Crippen LogP contribution in [0.3, 0.4) is 0 Å². The quantitative estimate of drug-likeness (QED) is 0.788. The maximum Gasteiger partial charge on any atom is 0.272 e. The molecule has 3 rings (SSSR count). The summed E-state index contributed by atoms with van der Waals surface area (Å²) in [5.41, 5.74) is 0.623. The molecule has 0 bridgehead atoms. The van der Waals surface area contributed by atoms with Crippen LogP contribution in [-0.4, -0.2) is 72.7 Å². The zero-order valence-electron chi connectivity index (χ0n) is 15.2. The number of hydrogen-bond acceptors (Lipinski definition) is 5. The highest BCUT2D eigenvalue weighted by molar-refractivity contribution is 7.91. The van der Waals surface area contributed by atoms with Crippen LogP contribution in [0.15, 0.2) is 18.3 Å². The monoisotopic (exact) mass is 379 g/mol. The summed E-state index contributed by atoms with van der Waals surface area (Å²) in [6.45, 7) is 3.59. The predicted molar refractivity (Wildman–Crippen MR) is 97.7 cm³/mol. The van der Waals surface area contributed by atoms with Crippen molar-refractivity contribution in [2.45, 2.75) is 32.2 Å². The Kier molecular flexibility index (Phi) is 5.32. The smallest absolute Gasteiger partial charge is 0.272 e. The summed E-state index contributed by atoms with van der Waals surface area (Å²) in [5.74, 6) is 0.132. The minimum atomic E-state index is -3.07. The van der Waals surface area contributed by atoms with E-state index in [1.165, 1.54) is 17.2 Å². The number of pyridine rings is 1. The summed E-state index contributed by atoms with van der Waals surface area (Å²) < 4.78 is 23.3. The van der Waals surface area contributed by atoms with Gasteiger partial charge in [-0.3, -0.25) is 14.6 Å². The lowest BCUT2D eigenvalue weighted by atomic mass is 9.99. The van der Waals surface area contributed by atoms with Gasteiger partial charge in [0.15, 0.2) is 9.84 Å². The number of amides is 2. The summed E-state index contributed by atoms with van der Waals surface area (Å²) in [4.78, 5) is 32.8. The highest BCUT2D eigenvalue weighted by Crippen LogP contribution is 2.20. The van der Waals surface area contributed by atoms with Crippen molar-refractivity contribution in [1.82, 2.24) is 14.8 Å². The molecule has 2 atom stereocenters. The van der Waals surface area contributed by atoms with E-state index in [0.717, 1.165) is 25.9 Å². The molecule has 7 nitrogen and oxygen atoms in total. The zero-order chi connectivity index (χ0) is 18.9. The van der Waals surface area contributed by atoms with Gasteiger partial charge < -0.3 is 9.80 Å². The van der Waals surface area contributed by atoms with Crippen molar-refractivity contribution in [2.75, 3.05) is 31.6 Å². The van der Waals surface area contributed by atoms with Crippen LogP contribution in [0.4, 0.5) is 0 Å². The van der Waals surface area contributed by atoms with Gasteiger partial charge in [-0.15, -0.1) is 0 Å². The van der Waals surface area contributed by atoms with Crippen molar-refractivity contribution in [3.8, 4) is 0 Å². The van der Waals surface area contributed by atoms with Gasteiger partial charge in [-0.25, -0.2) is 8.42 Å². The van der Waals surface area contributed by atoms with Gasteiger partial charge in [0, 0.05) is 37.9 Å². The summed E-state index contributed by atoms with van der Waals surface area (Å²) >= 11 is 0. The van der Waals surface area contributed by atoms with Gasteiger partial charge in [-0.05, 0) is 37.3 Å². The van der Waals surface area contributed by atoms with Crippen molar-refractivity contribution >= 4 is 21.7 Å². The molecule has 0 spiro atoms. The van der Waals surface area contributed by atoms with Crippen LogP contribution in [0.25, 0.3) is 0 Å². The Morgan fingerprint density at radius 3 is 2.73 bits per heavy atom. The first kappa shape index (κ1) is 18.8. The molecule has 2 aliphatic heterocycles. The second-order valence-corrected chi connectivity index (χ2v) is 9.63. The minimum absolute atomic E-state index is 0.0144. The van der Waals surface area contributed by atoms with Gasteiger partial charge in [0.1, 0.15) is 5.69 Å². The molecule has 0 aliphatic carbocycles. The minimum Gasteiger partial charge on any atom is -0.338 e.